The second-order valence-corrected chi connectivity index (χ2v) is 7.32. The molecule has 0 atom stereocenters. The first-order chi connectivity index (χ1) is 13.7. The lowest BCUT2D eigenvalue weighted by Gasteiger charge is -2.25. The third kappa shape index (κ3) is 3.66. The van der Waals surface area contributed by atoms with Crippen LogP contribution in [0.4, 0.5) is 5.69 Å². The first-order valence-electron chi connectivity index (χ1n) is 9.05. The maximum absolute atomic E-state index is 12.9. The molecule has 28 heavy (non-hydrogen) atoms. The lowest BCUT2D eigenvalue weighted by atomic mass is 10.2. The molecule has 144 valence electrons. The van der Waals surface area contributed by atoms with E-state index in [9.17, 15) is 4.79 Å². The van der Waals surface area contributed by atoms with E-state index in [0.29, 0.717) is 24.5 Å². The number of thiazole rings is 1. The van der Waals surface area contributed by atoms with E-state index in [2.05, 4.69) is 9.89 Å². The van der Waals surface area contributed by atoms with Gasteiger partial charge < -0.3 is 14.4 Å². The van der Waals surface area contributed by atoms with Gasteiger partial charge in [0.15, 0.2) is 4.80 Å². The largest absolute Gasteiger partial charge is 0.497 e. The van der Waals surface area contributed by atoms with E-state index in [0.717, 1.165) is 27.6 Å². The maximum atomic E-state index is 12.9. The topological polar surface area (TPSA) is 56.1 Å². The molecule has 2 aromatic carbocycles. The smallest absolute Gasteiger partial charge is 0.271 e. The minimum Gasteiger partial charge on any atom is -0.497 e. The van der Waals surface area contributed by atoms with Gasteiger partial charge in [0.05, 0.1) is 18.2 Å². The van der Waals surface area contributed by atoms with Crippen LogP contribution < -0.4 is 29.3 Å². The van der Waals surface area contributed by atoms with Crippen LogP contribution in [0, 0.1) is 0 Å². The molecule has 0 spiro atoms. The number of nitrogens with zero attached hydrogens (tertiary/aromatic N) is 3. The molecule has 0 radical (unpaired) electrons. The molecule has 0 saturated carbocycles. The van der Waals surface area contributed by atoms with E-state index in [1.54, 1.807) is 11.7 Å². The highest BCUT2D eigenvalue weighted by Crippen LogP contribution is 2.20. The van der Waals surface area contributed by atoms with Crippen LogP contribution in [-0.2, 0) is 6.67 Å². The van der Waals surface area contributed by atoms with Gasteiger partial charge in [-0.25, -0.2) is 4.99 Å². The van der Waals surface area contributed by atoms with Gasteiger partial charge in [0, 0.05) is 5.69 Å². The third-order valence-electron chi connectivity index (χ3n) is 4.50. The Hall–Kier alpha value is -3.06. The number of aromatic nitrogens is 1. The van der Waals surface area contributed by atoms with E-state index in [4.69, 9.17) is 9.47 Å². The molecule has 0 amide bonds. The number of rotatable bonds is 5. The van der Waals surface area contributed by atoms with Crippen molar-refractivity contribution in [1.29, 1.82) is 0 Å². The van der Waals surface area contributed by atoms with Crippen LogP contribution in [0.5, 0.6) is 11.5 Å². The maximum Gasteiger partial charge on any atom is 0.271 e. The molecule has 0 N–H and O–H groups in total. The highest BCUT2D eigenvalue weighted by atomic mass is 32.1. The van der Waals surface area contributed by atoms with Crippen molar-refractivity contribution in [2.45, 2.75) is 13.6 Å². The van der Waals surface area contributed by atoms with Crippen molar-refractivity contribution < 1.29 is 9.47 Å². The Balaban J connectivity index is 1.61. The minimum absolute atomic E-state index is 0.0183. The fourth-order valence-corrected chi connectivity index (χ4v) is 4.01. The number of ether oxygens (including phenoxy) is 2. The minimum atomic E-state index is -0.0183. The van der Waals surface area contributed by atoms with Gasteiger partial charge in [0.2, 0.25) is 0 Å². The van der Waals surface area contributed by atoms with Crippen molar-refractivity contribution in [3.63, 3.8) is 0 Å². The van der Waals surface area contributed by atoms with Crippen LogP contribution in [0.15, 0.2) is 58.3 Å². The van der Waals surface area contributed by atoms with Crippen LogP contribution in [0.1, 0.15) is 12.5 Å². The molecule has 0 fully saturated rings. The molecule has 1 aliphatic heterocycles. The molecule has 7 heteroatoms. The van der Waals surface area contributed by atoms with Crippen molar-refractivity contribution in [3.05, 3.63) is 73.8 Å². The Bertz CT molecular complexity index is 1130. The molecule has 2 heterocycles. The number of benzene rings is 2. The Morgan fingerprint density at radius 2 is 1.82 bits per heavy atom. The summed E-state index contributed by atoms with van der Waals surface area (Å²) in [6.45, 7) is 3.61. The van der Waals surface area contributed by atoms with Gasteiger partial charge in [0.25, 0.3) is 5.56 Å². The van der Waals surface area contributed by atoms with Crippen LogP contribution in [0.3, 0.4) is 0 Å². The fourth-order valence-electron chi connectivity index (χ4n) is 3.05. The fraction of sp³-hybridized carbons (Fsp3) is 0.238. The highest BCUT2D eigenvalue weighted by Gasteiger charge is 2.16. The predicted octanol–water partition coefficient (Wildman–Crippen LogP) is 2.20. The molecular formula is C21H21N3O3S. The lowest BCUT2D eigenvalue weighted by Crippen LogP contribution is -2.42. The summed E-state index contributed by atoms with van der Waals surface area (Å²) in [5.41, 5.74) is 1.95. The quantitative estimate of drug-likeness (QED) is 0.665. The Labute approximate surface area is 166 Å². The number of hydrogen-bond acceptors (Lipinski definition) is 6. The van der Waals surface area contributed by atoms with Crippen molar-refractivity contribution in [1.82, 2.24) is 4.57 Å². The number of methoxy groups -OCH3 is 1. The van der Waals surface area contributed by atoms with E-state index >= 15 is 0 Å². The van der Waals surface area contributed by atoms with Gasteiger partial charge in [-0.15, -0.1) is 0 Å². The van der Waals surface area contributed by atoms with E-state index in [-0.39, 0.29) is 5.56 Å². The lowest BCUT2D eigenvalue weighted by molar-refractivity contribution is 0.340. The Kier molecular flexibility index (Phi) is 5.16. The van der Waals surface area contributed by atoms with Crippen molar-refractivity contribution in [3.8, 4) is 11.5 Å². The summed E-state index contributed by atoms with van der Waals surface area (Å²) in [5.74, 6) is 1.63. The van der Waals surface area contributed by atoms with Gasteiger partial charge in [-0.3, -0.25) is 9.36 Å². The second-order valence-electron chi connectivity index (χ2n) is 6.31. The standard InChI is InChI=1S/C21H21N3O3S/c1-3-27-18-10-6-16(7-11-18)23-13-22-21-24(14-23)20(25)19(28-21)12-15-4-8-17(26-2)9-5-15/h4-12H,3,13-14H2,1-2H3/b19-12+. The molecular weight excluding hydrogens is 374 g/mol. The molecule has 1 aromatic heterocycles. The van der Waals surface area contributed by atoms with Gasteiger partial charge >= 0.3 is 0 Å². The molecule has 0 unspecified atom stereocenters. The van der Waals surface area contributed by atoms with E-state index < -0.39 is 0 Å². The van der Waals surface area contributed by atoms with Gasteiger partial charge in [-0.1, -0.05) is 23.5 Å². The van der Waals surface area contributed by atoms with Crippen LogP contribution in [0.2, 0.25) is 0 Å². The Morgan fingerprint density at radius 1 is 1.11 bits per heavy atom. The van der Waals surface area contributed by atoms with Gasteiger partial charge in [0.1, 0.15) is 24.8 Å². The average Bonchev–Trinajstić information content (AvgIpc) is 3.04. The van der Waals surface area contributed by atoms with Crippen molar-refractivity contribution in [2.24, 2.45) is 4.99 Å². The predicted molar refractivity (Wildman–Crippen MR) is 111 cm³/mol. The molecule has 1 aliphatic rings. The molecule has 0 aliphatic carbocycles. The number of fused-ring (bicyclic) bond motifs is 1. The number of hydrogen-bond donors (Lipinski definition) is 0. The van der Waals surface area contributed by atoms with Crippen LogP contribution in [-0.4, -0.2) is 25.0 Å². The summed E-state index contributed by atoms with van der Waals surface area (Å²) in [6, 6.07) is 15.5. The molecule has 4 rings (SSSR count). The number of anilines is 1. The van der Waals surface area contributed by atoms with Crippen LogP contribution >= 0.6 is 11.3 Å². The third-order valence-corrected chi connectivity index (χ3v) is 5.55. The van der Waals surface area contributed by atoms with E-state index in [1.165, 1.54) is 11.3 Å². The Morgan fingerprint density at radius 3 is 2.50 bits per heavy atom. The average molecular weight is 395 g/mol. The summed E-state index contributed by atoms with van der Waals surface area (Å²) < 4.78 is 13.1. The van der Waals surface area contributed by atoms with Gasteiger partial charge in [-0.05, 0) is 55.0 Å². The molecule has 6 nitrogen and oxygen atoms in total. The zero-order chi connectivity index (χ0) is 19.5. The molecule has 0 bridgehead atoms. The first-order valence-corrected chi connectivity index (χ1v) is 9.87. The SMILES string of the molecule is CCOc1ccc(N2CN=c3s/c(=C/c4ccc(OC)cc4)c(=O)n3C2)cc1. The van der Waals surface area contributed by atoms with Crippen molar-refractivity contribution >= 4 is 23.1 Å². The first kappa shape index (κ1) is 18.3. The summed E-state index contributed by atoms with van der Waals surface area (Å²) in [4.78, 5) is 20.3. The highest BCUT2D eigenvalue weighted by molar-refractivity contribution is 7.07. The summed E-state index contributed by atoms with van der Waals surface area (Å²) in [5, 5.41) is 0. The summed E-state index contributed by atoms with van der Waals surface area (Å²) in [6.07, 6.45) is 1.90. The van der Waals surface area contributed by atoms with E-state index in [1.807, 2.05) is 61.5 Å². The molecule has 3 aromatic rings. The normalized spacial score (nSPS) is 13.8. The molecule has 0 saturated heterocycles. The zero-order valence-corrected chi connectivity index (χ0v) is 16.6. The zero-order valence-electron chi connectivity index (χ0n) is 15.8. The second kappa shape index (κ2) is 7.90. The summed E-state index contributed by atoms with van der Waals surface area (Å²) in [7, 11) is 1.63. The van der Waals surface area contributed by atoms with Crippen LogP contribution in [0.25, 0.3) is 6.08 Å². The van der Waals surface area contributed by atoms with Crippen molar-refractivity contribution in [2.75, 3.05) is 25.3 Å². The summed E-state index contributed by atoms with van der Waals surface area (Å²) >= 11 is 1.42. The van der Waals surface area contributed by atoms with Gasteiger partial charge in [-0.2, -0.15) is 0 Å². The monoisotopic (exact) mass is 395 g/mol.